The zero-order valence-corrected chi connectivity index (χ0v) is 18.2. The Labute approximate surface area is 177 Å². The van der Waals surface area contributed by atoms with E-state index in [1.165, 1.54) is 16.0 Å². The van der Waals surface area contributed by atoms with Crippen LogP contribution in [0, 0.1) is 6.92 Å². The molecule has 6 nitrogen and oxygen atoms in total. The number of nitrogens with one attached hydrogen (secondary N) is 1. The number of carbonyl (C=O) groups is 1. The van der Waals surface area contributed by atoms with Gasteiger partial charge in [-0.15, -0.1) is 11.3 Å². The Morgan fingerprint density at radius 3 is 2.86 bits per heavy atom. The fourth-order valence-corrected chi connectivity index (χ4v) is 3.99. The molecule has 1 amide bonds. The molecule has 0 saturated carbocycles. The fourth-order valence-electron chi connectivity index (χ4n) is 3.28. The van der Waals surface area contributed by atoms with E-state index in [1.54, 1.807) is 30.3 Å². The summed E-state index contributed by atoms with van der Waals surface area (Å²) in [5.41, 5.74) is 2.44. The number of thiophene rings is 1. The first-order valence-corrected chi connectivity index (χ1v) is 10.9. The Morgan fingerprint density at radius 1 is 1.31 bits per heavy atom. The number of nitrogens with zero attached hydrogens (tertiary/aromatic N) is 3. The lowest BCUT2D eigenvalue weighted by atomic mass is 10.0. The number of carbonyl (C=O) groups excluding carboxylic acids is 1. The summed E-state index contributed by atoms with van der Waals surface area (Å²) < 4.78 is 6.05. The minimum Gasteiger partial charge on any atom is -0.370 e. The molecular weight excluding hydrogens is 384 g/mol. The first-order chi connectivity index (χ1) is 14.0. The van der Waals surface area contributed by atoms with Gasteiger partial charge in [0.2, 0.25) is 5.91 Å². The molecule has 1 saturated heterocycles. The maximum Gasteiger partial charge on any atom is 0.243 e. The molecule has 2 aromatic rings. The number of hydrogen-bond acceptors (Lipinski definition) is 4. The van der Waals surface area contributed by atoms with Gasteiger partial charge in [-0.2, -0.15) is 0 Å². The van der Waals surface area contributed by atoms with Crippen LogP contribution < -0.4 is 5.32 Å². The molecule has 1 fully saturated rings. The molecule has 0 bridgehead atoms. The summed E-state index contributed by atoms with van der Waals surface area (Å²) in [4.78, 5) is 21.8. The first kappa shape index (κ1) is 21.3. The topological polar surface area (TPSA) is 57.2 Å². The predicted octanol–water partition coefficient (Wildman–Crippen LogP) is 2.71. The second-order valence-corrected chi connectivity index (χ2v) is 8.38. The van der Waals surface area contributed by atoms with Crippen LogP contribution >= 0.6 is 11.3 Å². The number of ether oxygens (including phenoxy) is 1. The van der Waals surface area contributed by atoms with Gasteiger partial charge in [0.1, 0.15) is 12.6 Å². The van der Waals surface area contributed by atoms with Gasteiger partial charge in [0.15, 0.2) is 5.96 Å². The van der Waals surface area contributed by atoms with E-state index in [2.05, 4.69) is 57.8 Å². The number of guanidine groups is 1. The van der Waals surface area contributed by atoms with Crippen molar-refractivity contribution in [3.63, 3.8) is 0 Å². The fraction of sp³-hybridized carbons (Fsp3) is 0.455. The van der Waals surface area contributed by atoms with Crippen LogP contribution in [0.15, 0.2) is 46.8 Å². The second kappa shape index (κ2) is 10.4. The number of morpholine rings is 1. The average molecular weight is 415 g/mol. The van der Waals surface area contributed by atoms with Crippen molar-refractivity contribution in [1.82, 2.24) is 15.1 Å². The number of rotatable bonds is 6. The number of benzene rings is 1. The minimum atomic E-state index is -0.00808. The molecule has 1 aliphatic heterocycles. The molecule has 29 heavy (non-hydrogen) atoms. The van der Waals surface area contributed by atoms with Crippen molar-refractivity contribution < 1.29 is 9.53 Å². The third-order valence-corrected chi connectivity index (χ3v) is 5.94. The van der Waals surface area contributed by atoms with Gasteiger partial charge in [-0.25, -0.2) is 4.99 Å². The van der Waals surface area contributed by atoms with Crippen LogP contribution in [0.5, 0.6) is 0 Å². The highest BCUT2D eigenvalue weighted by molar-refractivity contribution is 7.09. The summed E-state index contributed by atoms with van der Waals surface area (Å²) in [7, 11) is 3.51. The van der Waals surface area contributed by atoms with Crippen molar-refractivity contribution in [3.8, 4) is 0 Å². The Hall–Kier alpha value is -2.38. The highest BCUT2D eigenvalue weighted by Crippen LogP contribution is 2.25. The van der Waals surface area contributed by atoms with Gasteiger partial charge in [0.05, 0.1) is 13.2 Å². The van der Waals surface area contributed by atoms with E-state index in [0.29, 0.717) is 13.2 Å². The summed E-state index contributed by atoms with van der Waals surface area (Å²) in [5.74, 6) is 0.768. The highest BCUT2D eigenvalue weighted by Gasteiger charge is 2.25. The summed E-state index contributed by atoms with van der Waals surface area (Å²) in [5, 5.41) is 5.56. The van der Waals surface area contributed by atoms with Crippen LogP contribution in [-0.4, -0.2) is 68.5 Å². The normalized spacial score (nSPS) is 17.3. The quantitative estimate of drug-likeness (QED) is 0.583. The molecular formula is C22H30N4O2S. The molecule has 2 heterocycles. The van der Waals surface area contributed by atoms with Crippen LogP contribution in [0.25, 0.3) is 0 Å². The zero-order valence-electron chi connectivity index (χ0n) is 17.4. The molecule has 0 aliphatic carbocycles. The molecule has 1 atom stereocenters. The van der Waals surface area contributed by atoms with Crippen LogP contribution in [0.1, 0.15) is 22.1 Å². The van der Waals surface area contributed by atoms with E-state index in [-0.39, 0.29) is 18.6 Å². The number of amides is 1. The van der Waals surface area contributed by atoms with Crippen molar-refractivity contribution >= 4 is 23.2 Å². The number of hydrogen-bond donors (Lipinski definition) is 1. The van der Waals surface area contributed by atoms with Gasteiger partial charge < -0.3 is 19.9 Å². The van der Waals surface area contributed by atoms with Crippen molar-refractivity contribution in [2.75, 3.05) is 46.9 Å². The molecule has 1 aromatic carbocycles. The molecule has 156 valence electrons. The van der Waals surface area contributed by atoms with E-state index >= 15 is 0 Å². The number of likely N-dealkylation sites (N-methyl/N-ethyl adjacent to an activating group) is 1. The lowest BCUT2D eigenvalue weighted by Gasteiger charge is -2.36. The van der Waals surface area contributed by atoms with E-state index < -0.39 is 0 Å². The lowest BCUT2D eigenvalue weighted by Crippen LogP contribution is -2.49. The van der Waals surface area contributed by atoms with Crippen molar-refractivity contribution in [2.45, 2.75) is 19.4 Å². The minimum absolute atomic E-state index is 0.00111. The summed E-state index contributed by atoms with van der Waals surface area (Å²) >= 11 is 1.76. The molecule has 7 heteroatoms. The lowest BCUT2D eigenvalue weighted by molar-refractivity contribution is -0.127. The standard InChI is InChI=1S/C22H30N4O2S/c1-17-7-4-5-9-19(17)20-16-26(12-13-28-20)22(24-15-21(27)25(2)3)23-11-10-18-8-6-14-29-18/h4-9,14,20H,10-13,15-16H2,1-3H3,(H,23,24). The molecule has 1 N–H and O–H groups in total. The number of aryl methyl sites for hydroxylation is 1. The Morgan fingerprint density at radius 2 is 2.14 bits per heavy atom. The molecule has 1 aromatic heterocycles. The van der Waals surface area contributed by atoms with Gasteiger partial charge in [-0.1, -0.05) is 30.3 Å². The smallest absolute Gasteiger partial charge is 0.243 e. The van der Waals surface area contributed by atoms with Gasteiger partial charge >= 0.3 is 0 Å². The highest BCUT2D eigenvalue weighted by atomic mass is 32.1. The van der Waals surface area contributed by atoms with Crippen molar-refractivity contribution in [1.29, 1.82) is 0 Å². The van der Waals surface area contributed by atoms with Gasteiger partial charge in [-0.05, 0) is 35.9 Å². The van der Waals surface area contributed by atoms with Crippen LogP contribution in [0.3, 0.4) is 0 Å². The maximum atomic E-state index is 12.1. The summed E-state index contributed by atoms with van der Waals surface area (Å²) in [6, 6.07) is 12.5. The Balaban J connectivity index is 1.70. The van der Waals surface area contributed by atoms with E-state index in [0.717, 1.165) is 25.5 Å². The van der Waals surface area contributed by atoms with E-state index in [4.69, 9.17) is 4.74 Å². The third kappa shape index (κ3) is 6.05. The average Bonchev–Trinajstić information content (AvgIpc) is 3.24. The summed E-state index contributed by atoms with van der Waals surface area (Å²) in [6.07, 6.45) is 0.933. The van der Waals surface area contributed by atoms with Crippen molar-refractivity contribution in [3.05, 3.63) is 57.8 Å². The Kier molecular flexibility index (Phi) is 7.66. The van der Waals surface area contributed by atoms with Crippen LogP contribution in [0.2, 0.25) is 0 Å². The van der Waals surface area contributed by atoms with E-state index in [9.17, 15) is 4.79 Å². The molecule has 1 unspecified atom stereocenters. The van der Waals surface area contributed by atoms with Crippen molar-refractivity contribution in [2.24, 2.45) is 4.99 Å². The molecule has 0 radical (unpaired) electrons. The monoisotopic (exact) mass is 414 g/mol. The predicted molar refractivity (Wildman–Crippen MR) is 118 cm³/mol. The summed E-state index contributed by atoms with van der Waals surface area (Å²) in [6.45, 7) is 5.13. The SMILES string of the molecule is Cc1ccccc1C1CN(C(=NCC(=O)N(C)C)NCCc2cccs2)CCO1. The van der Waals surface area contributed by atoms with Crippen LogP contribution in [0.4, 0.5) is 0 Å². The second-order valence-electron chi connectivity index (χ2n) is 7.35. The zero-order chi connectivity index (χ0) is 20.6. The largest absolute Gasteiger partial charge is 0.370 e. The van der Waals surface area contributed by atoms with Gasteiger partial charge in [0.25, 0.3) is 0 Å². The maximum absolute atomic E-state index is 12.1. The van der Waals surface area contributed by atoms with Crippen LogP contribution in [-0.2, 0) is 16.0 Å². The van der Waals surface area contributed by atoms with Gasteiger partial charge in [-0.3, -0.25) is 4.79 Å². The van der Waals surface area contributed by atoms with E-state index in [1.807, 2.05) is 6.07 Å². The molecule has 1 aliphatic rings. The Bertz CT molecular complexity index is 820. The van der Waals surface area contributed by atoms with Gasteiger partial charge in [0, 0.05) is 32.1 Å². The first-order valence-electron chi connectivity index (χ1n) is 9.97. The third-order valence-electron chi connectivity index (χ3n) is 5.00. The number of aliphatic imine (C=N–C) groups is 1. The molecule has 0 spiro atoms. The molecule has 3 rings (SSSR count).